The predicted octanol–water partition coefficient (Wildman–Crippen LogP) is 3.32. The topological polar surface area (TPSA) is 58.6 Å². The number of nitrogens with one attached hydrogen (secondary N) is 1. The Labute approximate surface area is 122 Å². The lowest BCUT2D eigenvalue weighted by molar-refractivity contribution is 0.0696. The predicted molar refractivity (Wildman–Crippen MR) is 78.5 cm³/mol. The van der Waals surface area contributed by atoms with Gasteiger partial charge in [0.05, 0.1) is 5.56 Å². The molecule has 0 saturated heterocycles. The molecular weight excluding hydrogens is 273 g/mol. The molecule has 0 amide bonds. The average molecular weight is 289 g/mol. The van der Waals surface area contributed by atoms with E-state index in [2.05, 4.69) is 5.32 Å². The van der Waals surface area contributed by atoms with Gasteiger partial charge in [-0.1, -0.05) is 6.07 Å². The molecule has 0 fully saturated rings. The Morgan fingerprint density at radius 3 is 2.81 bits per heavy atom. The highest BCUT2D eigenvalue weighted by molar-refractivity contribution is 5.87. The zero-order valence-electron chi connectivity index (χ0n) is 11.6. The maximum atomic E-state index is 13.1. The number of rotatable bonds is 6. The third-order valence-electron chi connectivity index (χ3n) is 2.94. The Hall–Kier alpha value is -2.56. The molecule has 4 nitrogen and oxygen atoms in total. The zero-order chi connectivity index (χ0) is 15.2. The van der Waals surface area contributed by atoms with Gasteiger partial charge in [0.25, 0.3) is 0 Å². The van der Waals surface area contributed by atoms with Crippen molar-refractivity contribution in [1.82, 2.24) is 0 Å². The minimum atomic E-state index is -0.986. The standard InChI is InChI=1S/C16H16FNO3/c1-11-9-13(5-6-15(11)17)18-7-8-21-14-4-2-3-12(10-14)16(19)20/h2-6,9-10,18H,7-8H2,1H3,(H,19,20). The van der Waals surface area contributed by atoms with Crippen molar-refractivity contribution >= 4 is 11.7 Å². The highest BCUT2D eigenvalue weighted by atomic mass is 19.1. The number of halogens is 1. The van der Waals surface area contributed by atoms with Crippen molar-refractivity contribution in [2.75, 3.05) is 18.5 Å². The van der Waals surface area contributed by atoms with Gasteiger partial charge >= 0.3 is 5.97 Å². The van der Waals surface area contributed by atoms with E-state index in [-0.39, 0.29) is 11.4 Å². The van der Waals surface area contributed by atoms with Gasteiger partial charge in [0, 0.05) is 12.2 Å². The maximum Gasteiger partial charge on any atom is 0.335 e. The zero-order valence-corrected chi connectivity index (χ0v) is 11.6. The Kier molecular flexibility index (Phi) is 4.77. The average Bonchev–Trinajstić information content (AvgIpc) is 2.47. The first-order valence-electron chi connectivity index (χ1n) is 6.52. The van der Waals surface area contributed by atoms with Crippen LogP contribution >= 0.6 is 0 Å². The normalized spacial score (nSPS) is 10.2. The van der Waals surface area contributed by atoms with Gasteiger partial charge in [-0.3, -0.25) is 0 Å². The van der Waals surface area contributed by atoms with Crippen molar-refractivity contribution in [2.24, 2.45) is 0 Å². The van der Waals surface area contributed by atoms with Gasteiger partial charge in [-0.05, 0) is 48.9 Å². The first-order chi connectivity index (χ1) is 10.1. The van der Waals surface area contributed by atoms with E-state index in [0.29, 0.717) is 24.5 Å². The summed E-state index contributed by atoms with van der Waals surface area (Å²) in [5, 5.41) is 12.0. The number of hydrogen-bond acceptors (Lipinski definition) is 3. The molecule has 0 atom stereocenters. The van der Waals surface area contributed by atoms with Crippen LogP contribution in [0.1, 0.15) is 15.9 Å². The number of aromatic carboxylic acids is 1. The molecule has 0 aliphatic rings. The first kappa shape index (κ1) is 14.8. The Balaban J connectivity index is 1.83. The number of carboxylic acid groups (broad SMARTS) is 1. The summed E-state index contributed by atoms with van der Waals surface area (Å²) >= 11 is 0. The van der Waals surface area contributed by atoms with Crippen LogP contribution in [0, 0.1) is 12.7 Å². The van der Waals surface area contributed by atoms with E-state index in [1.165, 1.54) is 18.2 Å². The van der Waals surface area contributed by atoms with E-state index in [1.54, 1.807) is 31.2 Å². The van der Waals surface area contributed by atoms with E-state index in [9.17, 15) is 9.18 Å². The lowest BCUT2D eigenvalue weighted by atomic mass is 10.2. The van der Waals surface area contributed by atoms with Gasteiger partial charge in [-0.15, -0.1) is 0 Å². The summed E-state index contributed by atoms with van der Waals surface area (Å²) in [5.74, 6) is -0.713. The molecule has 21 heavy (non-hydrogen) atoms. The van der Waals surface area contributed by atoms with Crippen LogP contribution in [0.5, 0.6) is 5.75 Å². The van der Waals surface area contributed by atoms with Crippen LogP contribution in [-0.2, 0) is 0 Å². The number of hydrogen-bond donors (Lipinski definition) is 2. The van der Waals surface area contributed by atoms with Crippen LogP contribution in [0.3, 0.4) is 0 Å². The number of benzene rings is 2. The summed E-state index contributed by atoms with van der Waals surface area (Å²) in [6.07, 6.45) is 0. The van der Waals surface area contributed by atoms with E-state index < -0.39 is 5.97 Å². The van der Waals surface area contributed by atoms with Crippen molar-refractivity contribution in [3.63, 3.8) is 0 Å². The fourth-order valence-corrected chi connectivity index (χ4v) is 1.84. The highest BCUT2D eigenvalue weighted by Crippen LogP contribution is 2.15. The molecule has 0 aromatic heterocycles. The van der Waals surface area contributed by atoms with E-state index >= 15 is 0 Å². The van der Waals surface area contributed by atoms with E-state index in [1.807, 2.05) is 0 Å². The third kappa shape index (κ3) is 4.21. The second-order valence-electron chi connectivity index (χ2n) is 4.57. The summed E-state index contributed by atoms with van der Waals surface area (Å²) in [6.45, 7) is 2.61. The van der Waals surface area contributed by atoms with Crippen molar-refractivity contribution in [3.05, 3.63) is 59.4 Å². The van der Waals surface area contributed by atoms with Gasteiger partial charge in [0.1, 0.15) is 18.2 Å². The summed E-state index contributed by atoms with van der Waals surface area (Å²) in [5.41, 5.74) is 1.58. The first-order valence-corrected chi connectivity index (χ1v) is 6.52. The molecule has 0 radical (unpaired) electrons. The lowest BCUT2D eigenvalue weighted by Gasteiger charge is -2.10. The molecule has 2 N–H and O–H groups in total. The number of anilines is 1. The molecule has 2 aromatic rings. The van der Waals surface area contributed by atoms with Gasteiger partial charge in [0.2, 0.25) is 0 Å². The quantitative estimate of drug-likeness (QED) is 0.801. The van der Waals surface area contributed by atoms with Gasteiger partial charge in [0.15, 0.2) is 0 Å². The van der Waals surface area contributed by atoms with Crippen LogP contribution < -0.4 is 10.1 Å². The second kappa shape index (κ2) is 6.74. The van der Waals surface area contributed by atoms with Crippen LogP contribution in [-0.4, -0.2) is 24.2 Å². The highest BCUT2D eigenvalue weighted by Gasteiger charge is 2.03. The van der Waals surface area contributed by atoms with Crippen molar-refractivity contribution in [2.45, 2.75) is 6.92 Å². The minimum absolute atomic E-state index is 0.189. The van der Waals surface area contributed by atoms with Crippen LogP contribution in [0.25, 0.3) is 0 Å². The fraction of sp³-hybridized carbons (Fsp3) is 0.188. The molecule has 0 heterocycles. The van der Waals surface area contributed by atoms with Gasteiger partial charge < -0.3 is 15.2 Å². The van der Waals surface area contributed by atoms with Crippen LogP contribution in [0.4, 0.5) is 10.1 Å². The summed E-state index contributed by atoms with van der Waals surface area (Å²) < 4.78 is 18.6. The van der Waals surface area contributed by atoms with Crippen LogP contribution in [0.15, 0.2) is 42.5 Å². The Morgan fingerprint density at radius 2 is 2.10 bits per heavy atom. The van der Waals surface area contributed by atoms with Crippen LogP contribution in [0.2, 0.25) is 0 Å². The summed E-state index contributed by atoms with van der Waals surface area (Å²) in [6, 6.07) is 11.1. The van der Waals surface area contributed by atoms with Gasteiger partial charge in [-0.25, -0.2) is 9.18 Å². The molecular formula is C16H16FNO3. The number of ether oxygens (including phenoxy) is 1. The smallest absolute Gasteiger partial charge is 0.335 e. The lowest BCUT2D eigenvalue weighted by Crippen LogP contribution is -2.12. The molecule has 0 bridgehead atoms. The summed E-state index contributed by atoms with van der Waals surface area (Å²) in [7, 11) is 0. The molecule has 2 aromatic carbocycles. The van der Waals surface area contributed by atoms with Gasteiger partial charge in [-0.2, -0.15) is 0 Å². The Morgan fingerprint density at radius 1 is 1.29 bits per heavy atom. The summed E-state index contributed by atoms with van der Waals surface area (Å²) in [4.78, 5) is 10.8. The molecule has 0 spiro atoms. The largest absolute Gasteiger partial charge is 0.492 e. The molecule has 110 valence electrons. The molecule has 0 aliphatic carbocycles. The minimum Gasteiger partial charge on any atom is -0.492 e. The molecule has 0 aliphatic heterocycles. The molecule has 2 rings (SSSR count). The number of aryl methyl sites for hydroxylation is 1. The third-order valence-corrected chi connectivity index (χ3v) is 2.94. The van der Waals surface area contributed by atoms with E-state index in [4.69, 9.17) is 9.84 Å². The molecule has 0 saturated carbocycles. The van der Waals surface area contributed by atoms with E-state index in [0.717, 1.165) is 5.69 Å². The van der Waals surface area contributed by atoms with Crippen molar-refractivity contribution in [1.29, 1.82) is 0 Å². The monoisotopic (exact) mass is 289 g/mol. The number of carboxylic acids is 1. The molecule has 0 unspecified atom stereocenters. The second-order valence-corrected chi connectivity index (χ2v) is 4.57. The van der Waals surface area contributed by atoms with Crippen molar-refractivity contribution < 1.29 is 19.0 Å². The fourth-order valence-electron chi connectivity index (χ4n) is 1.84. The maximum absolute atomic E-state index is 13.1. The van der Waals surface area contributed by atoms with Crippen molar-refractivity contribution in [3.8, 4) is 5.75 Å². The Bertz CT molecular complexity index is 643. The SMILES string of the molecule is Cc1cc(NCCOc2cccc(C(=O)O)c2)ccc1F. The number of carbonyl (C=O) groups is 1. The molecule has 5 heteroatoms.